The maximum Gasteiger partial charge on any atom is 0.337 e. The molecular weight excluding hydrogens is 322 g/mol. The Morgan fingerprint density at radius 2 is 1.72 bits per heavy atom. The Morgan fingerprint density at radius 3 is 2.24 bits per heavy atom. The van der Waals surface area contributed by atoms with Crippen molar-refractivity contribution in [2.45, 2.75) is 26.7 Å². The van der Waals surface area contributed by atoms with Crippen molar-refractivity contribution in [3.63, 3.8) is 0 Å². The molecule has 0 bridgehead atoms. The second kappa shape index (κ2) is 7.34. The third-order valence-corrected chi connectivity index (χ3v) is 3.89. The summed E-state index contributed by atoms with van der Waals surface area (Å²) in [7, 11) is 1.31. The van der Waals surface area contributed by atoms with E-state index in [1.807, 2.05) is 13.8 Å². The predicted molar refractivity (Wildman–Crippen MR) is 93.2 cm³/mol. The van der Waals surface area contributed by atoms with Gasteiger partial charge in [0.15, 0.2) is 11.6 Å². The lowest BCUT2D eigenvalue weighted by atomic mass is 9.74. The fraction of sp³-hybridized carbons (Fsp3) is 0.316. The first kappa shape index (κ1) is 18.4. The monoisotopic (exact) mass is 343 g/mol. The van der Waals surface area contributed by atoms with E-state index in [2.05, 4.69) is 10.1 Å². The average molecular weight is 343 g/mol. The number of ether oxygens (including phenoxy) is 1. The van der Waals surface area contributed by atoms with Crippen molar-refractivity contribution in [1.82, 2.24) is 0 Å². The molecule has 0 heterocycles. The SMILES string of the molecule is COC(=O)c1ccc(NC=CC(O)=C2C(=O)CC(C)(C)CC2=O)cc1. The van der Waals surface area contributed by atoms with Crippen LogP contribution in [0.25, 0.3) is 0 Å². The Balaban J connectivity index is 2.07. The van der Waals surface area contributed by atoms with E-state index in [1.54, 1.807) is 24.3 Å². The van der Waals surface area contributed by atoms with Gasteiger partial charge in [0, 0.05) is 24.7 Å². The fourth-order valence-corrected chi connectivity index (χ4v) is 2.67. The van der Waals surface area contributed by atoms with Crippen molar-refractivity contribution >= 4 is 23.2 Å². The van der Waals surface area contributed by atoms with Gasteiger partial charge in [0.25, 0.3) is 0 Å². The van der Waals surface area contributed by atoms with Crippen LogP contribution in [0.4, 0.5) is 5.69 Å². The van der Waals surface area contributed by atoms with Crippen molar-refractivity contribution in [3.8, 4) is 0 Å². The summed E-state index contributed by atoms with van der Waals surface area (Å²) in [5, 5.41) is 13.0. The van der Waals surface area contributed by atoms with E-state index in [4.69, 9.17) is 0 Å². The van der Waals surface area contributed by atoms with E-state index in [9.17, 15) is 19.5 Å². The first-order valence-electron chi connectivity index (χ1n) is 7.84. The summed E-state index contributed by atoms with van der Waals surface area (Å²) in [6, 6.07) is 6.52. The standard InChI is InChI=1S/C19H21NO5/c1-19(2)10-15(22)17(16(23)11-19)14(21)8-9-20-13-6-4-12(5-7-13)18(24)25-3/h4-9,20-21H,10-11H2,1-3H3. The van der Waals surface area contributed by atoms with Crippen LogP contribution in [0.1, 0.15) is 37.0 Å². The number of nitrogens with one attached hydrogen (secondary N) is 1. The van der Waals surface area contributed by atoms with Gasteiger partial charge in [-0.1, -0.05) is 13.8 Å². The van der Waals surface area contributed by atoms with Gasteiger partial charge in [-0.3, -0.25) is 9.59 Å². The van der Waals surface area contributed by atoms with E-state index in [1.165, 1.54) is 19.4 Å². The first-order chi connectivity index (χ1) is 11.7. The molecule has 2 rings (SSSR count). The molecular formula is C19H21NO5. The molecule has 1 aliphatic carbocycles. The number of allylic oxidation sites excluding steroid dienone is 2. The maximum absolute atomic E-state index is 12.1. The third-order valence-electron chi connectivity index (χ3n) is 3.89. The first-order valence-corrected chi connectivity index (χ1v) is 7.84. The number of carbonyl (C=O) groups excluding carboxylic acids is 3. The Morgan fingerprint density at radius 1 is 1.16 bits per heavy atom. The highest BCUT2D eigenvalue weighted by Crippen LogP contribution is 2.34. The number of carbonyl (C=O) groups is 3. The average Bonchev–Trinajstić information content (AvgIpc) is 2.53. The van der Waals surface area contributed by atoms with E-state index in [-0.39, 0.29) is 41.2 Å². The molecule has 2 N–H and O–H groups in total. The van der Waals surface area contributed by atoms with Crippen LogP contribution in [0.2, 0.25) is 0 Å². The van der Waals surface area contributed by atoms with Crippen molar-refractivity contribution in [2.75, 3.05) is 12.4 Å². The van der Waals surface area contributed by atoms with Gasteiger partial charge in [0.2, 0.25) is 0 Å². The Hall–Kier alpha value is -2.89. The van der Waals surface area contributed by atoms with Crippen molar-refractivity contribution in [1.29, 1.82) is 0 Å². The number of ketones is 2. The van der Waals surface area contributed by atoms with Gasteiger partial charge in [-0.15, -0.1) is 0 Å². The van der Waals surface area contributed by atoms with E-state index in [0.717, 1.165) is 0 Å². The summed E-state index contributed by atoms with van der Waals surface area (Å²) in [6.07, 6.45) is 3.16. The molecule has 1 saturated carbocycles. The molecule has 1 aromatic carbocycles. The van der Waals surface area contributed by atoms with Crippen LogP contribution < -0.4 is 5.32 Å². The minimum atomic E-state index is -0.429. The summed E-state index contributed by atoms with van der Waals surface area (Å²) in [5.41, 5.74) is 0.576. The second-order valence-electron chi connectivity index (χ2n) is 6.67. The van der Waals surface area contributed by atoms with Crippen LogP contribution in [0.5, 0.6) is 0 Å². The van der Waals surface area contributed by atoms with Gasteiger partial charge in [-0.25, -0.2) is 4.79 Å². The van der Waals surface area contributed by atoms with Gasteiger partial charge in [0.05, 0.1) is 12.7 Å². The van der Waals surface area contributed by atoms with Gasteiger partial charge < -0.3 is 15.2 Å². The number of benzene rings is 1. The minimum absolute atomic E-state index is 0.140. The highest BCUT2D eigenvalue weighted by molar-refractivity contribution is 6.22. The molecule has 0 atom stereocenters. The molecule has 0 saturated heterocycles. The van der Waals surface area contributed by atoms with Crippen molar-refractivity contribution in [2.24, 2.45) is 5.41 Å². The van der Waals surface area contributed by atoms with Crippen LogP contribution in [-0.4, -0.2) is 29.8 Å². The zero-order valence-corrected chi connectivity index (χ0v) is 14.5. The summed E-state index contributed by atoms with van der Waals surface area (Å²) < 4.78 is 4.61. The molecule has 25 heavy (non-hydrogen) atoms. The van der Waals surface area contributed by atoms with Gasteiger partial charge >= 0.3 is 5.97 Å². The summed E-state index contributed by atoms with van der Waals surface area (Å²) >= 11 is 0. The molecule has 0 spiro atoms. The van der Waals surface area contributed by atoms with Crippen molar-refractivity contribution < 1.29 is 24.2 Å². The zero-order valence-electron chi connectivity index (χ0n) is 14.5. The van der Waals surface area contributed by atoms with E-state index < -0.39 is 5.97 Å². The number of methoxy groups -OCH3 is 1. The van der Waals surface area contributed by atoms with Crippen molar-refractivity contribution in [3.05, 3.63) is 53.4 Å². The number of aliphatic hydroxyl groups is 1. The van der Waals surface area contributed by atoms with Crippen LogP contribution in [0.3, 0.4) is 0 Å². The lowest BCUT2D eigenvalue weighted by Gasteiger charge is -2.28. The number of Topliss-reactive ketones (excluding diaryl/α,β-unsaturated/α-hetero) is 2. The zero-order chi connectivity index (χ0) is 18.6. The Bertz CT molecular complexity index is 735. The number of hydrogen-bond acceptors (Lipinski definition) is 6. The van der Waals surface area contributed by atoms with Gasteiger partial charge in [-0.2, -0.15) is 0 Å². The normalized spacial score (nSPS) is 16.8. The van der Waals surface area contributed by atoms with Crippen LogP contribution >= 0.6 is 0 Å². The minimum Gasteiger partial charge on any atom is -0.507 e. The molecule has 0 aliphatic heterocycles. The second-order valence-corrected chi connectivity index (χ2v) is 6.67. The van der Waals surface area contributed by atoms with E-state index >= 15 is 0 Å². The number of rotatable bonds is 4. The summed E-state index contributed by atoms with van der Waals surface area (Å²) in [4.78, 5) is 35.5. The molecule has 132 valence electrons. The number of esters is 1. The smallest absolute Gasteiger partial charge is 0.337 e. The summed E-state index contributed by atoms with van der Waals surface area (Å²) in [5.74, 6) is -1.46. The van der Waals surface area contributed by atoms with Crippen LogP contribution in [0.15, 0.2) is 47.9 Å². The van der Waals surface area contributed by atoms with Crippen LogP contribution in [0, 0.1) is 5.41 Å². The van der Waals surface area contributed by atoms with Gasteiger partial charge in [0.1, 0.15) is 11.3 Å². The predicted octanol–water partition coefficient (Wildman–Crippen LogP) is 3.17. The number of aliphatic hydroxyl groups excluding tert-OH is 1. The highest BCUT2D eigenvalue weighted by Gasteiger charge is 2.37. The lowest BCUT2D eigenvalue weighted by molar-refractivity contribution is -0.127. The highest BCUT2D eigenvalue weighted by atomic mass is 16.5. The molecule has 1 fully saturated rings. The van der Waals surface area contributed by atoms with E-state index in [0.29, 0.717) is 11.3 Å². The number of anilines is 1. The summed E-state index contributed by atoms with van der Waals surface area (Å²) in [6.45, 7) is 3.71. The molecule has 6 nitrogen and oxygen atoms in total. The lowest BCUT2D eigenvalue weighted by Crippen LogP contribution is -2.32. The third kappa shape index (κ3) is 4.56. The quantitative estimate of drug-likeness (QED) is 0.377. The van der Waals surface area contributed by atoms with Crippen LogP contribution in [-0.2, 0) is 14.3 Å². The maximum atomic E-state index is 12.1. The fourth-order valence-electron chi connectivity index (χ4n) is 2.67. The number of hydrogen-bond donors (Lipinski definition) is 2. The molecule has 1 aliphatic rings. The largest absolute Gasteiger partial charge is 0.507 e. The molecule has 0 unspecified atom stereocenters. The van der Waals surface area contributed by atoms with Gasteiger partial charge in [-0.05, 0) is 35.8 Å². The molecule has 0 amide bonds. The molecule has 6 heteroatoms. The molecule has 1 aromatic rings. The molecule has 0 aromatic heterocycles. The molecule has 0 radical (unpaired) electrons. The Kier molecular flexibility index (Phi) is 5.41. The Labute approximate surface area is 146 Å². The topological polar surface area (TPSA) is 92.7 Å².